The molecule has 2 amide bonds. The second-order valence-corrected chi connectivity index (χ2v) is 10.0. The van der Waals surface area contributed by atoms with Gasteiger partial charge in [-0.05, 0) is 70.1 Å². The summed E-state index contributed by atoms with van der Waals surface area (Å²) in [5, 5.41) is 6.93. The van der Waals surface area contributed by atoms with Crippen LogP contribution in [-0.2, 0) is 9.59 Å². The molecule has 2 N–H and O–H groups in total. The van der Waals surface area contributed by atoms with E-state index in [2.05, 4.69) is 15.5 Å². The van der Waals surface area contributed by atoms with E-state index in [-0.39, 0.29) is 30.3 Å². The number of nitrogens with one attached hydrogen (secondary N) is 2. The van der Waals surface area contributed by atoms with Crippen LogP contribution in [0.3, 0.4) is 0 Å². The van der Waals surface area contributed by atoms with E-state index >= 15 is 0 Å². The maximum atomic E-state index is 13.0. The third-order valence-corrected chi connectivity index (χ3v) is 7.98. The van der Waals surface area contributed by atoms with Gasteiger partial charge in [0, 0.05) is 43.6 Å². The van der Waals surface area contributed by atoms with Crippen LogP contribution in [0.25, 0.3) is 0 Å². The van der Waals surface area contributed by atoms with E-state index in [0.717, 1.165) is 38.5 Å². The average Bonchev–Trinajstić information content (AvgIpc) is 3.05. The lowest BCUT2D eigenvalue weighted by molar-refractivity contribution is -0.138. The summed E-state index contributed by atoms with van der Waals surface area (Å²) in [4.78, 5) is 27.5. The quantitative estimate of drug-likeness (QED) is 0.704. The highest BCUT2D eigenvalue weighted by Gasteiger charge is 2.38. The Balaban J connectivity index is 0.00000240. The summed E-state index contributed by atoms with van der Waals surface area (Å²) in [5.41, 5.74) is 0. The molecule has 4 fully saturated rings. The Labute approximate surface area is 182 Å². The predicted molar refractivity (Wildman–Crippen MR) is 118 cm³/mol. The Kier molecular flexibility index (Phi) is 8.26. The third kappa shape index (κ3) is 5.88. The summed E-state index contributed by atoms with van der Waals surface area (Å²) in [7, 11) is 2.02. The van der Waals surface area contributed by atoms with E-state index in [4.69, 9.17) is 0 Å². The third-order valence-electron chi connectivity index (χ3n) is 7.98. The summed E-state index contributed by atoms with van der Waals surface area (Å²) in [6, 6.07) is 1.93. The minimum absolute atomic E-state index is 0. The Hall–Kier alpha value is -0.810. The van der Waals surface area contributed by atoms with Crippen molar-refractivity contribution in [2.24, 2.45) is 11.8 Å². The van der Waals surface area contributed by atoms with Crippen molar-refractivity contribution in [2.75, 3.05) is 7.05 Å². The second kappa shape index (κ2) is 10.5. The normalized spacial score (nSPS) is 34.9. The molecule has 2 saturated carbocycles. The number of rotatable bonds is 5. The number of hydrogen-bond donors (Lipinski definition) is 2. The summed E-state index contributed by atoms with van der Waals surface area (Å²) in [5.74, 6) is 1.34. The number of halogens is 1. The van der Waals surface area contributed by atoms with Gasteiger partial charge in [0.2, 0.25) is 11.8 Å². The van der Waals surface area contributed by atoms with Gasteiger partial charge in [-0.15, -0.1) is 12.4 Å². The van der Waals surface area contributed by atoms with Crippen LogP contribution in [0.1, 0.15) is 89.9 Å². The Morgan fingerprint density at radius 1 is 0.897 bits per heavy atom. The zero-order valence-electron chi connectivity index (χ0n) is 18.0. The number of amides is 2. The molecule has 2 saturated heterocycles. The molecule has 2 aliphatic carbocycles. The molecule has 2 unspecified atom stereocenters. The molecule has 4 rings (SSSR count). The van der Waals surface area contributed by atoms with Crippen molar-refractivity contribution in [1.29, 1.82) is 0 Å². The van der Waals surface area contributed by atoms with Gasteiger partial charge < -0.3 is 15.5 Å². The standard InChI is InChI=1S/C23H39N3O2.ClH/c1-26(21-14-19-11-12-20(15-21)24-19)23(28)17-7-9-18(10-8-17)25-22(27)13-16-5-3-2-4-6-16;/h16-21,24H,2-15H2,1H3,(H,25,27);1H. The predicted octanol–water partition coefficient (Wildman–Crippen LogP) is 3.80. The van der Waals surface area contributed by atoms with E-state index in [1.54, 1.807) is 0 Å². The van der Waals surface area contributed by atoms with Crippen molar-refractivity contribution in [3.63, 3.8) is 0 Å². The lowest BCUT2D eigenvalue weighted by Gasteiger charge is -2.38. The van der Waals surface area contributed by atoms with Gasteiger partial charge in [-0.3, -0.25) is 9.59 Å². The van der Waals surface area contributed by atoms with Crippen molar-refractivity contribution in [3.05, 3.63) is 0 Å². The summed E-state index contributed by atoms with van der Waals surface area (Å²) >= 11 is 0. The molecule has 166 valence electrons. The zero-order valence-corrected chi connectivity index (χ0v) is 18.9. The van der Waals surface area contributed by atoms with Crippen molar-refractivity contribution < 1.29 is 9.59 Å². The van der Waals surface area contributed by atoms with Gasteiger partial charge in [0.05, 0.1) is 0 Å². The maximum absolute atomic E-state index is 13.0. The molecule has 0 aromatic carbocycles. The summed E-state index contributed by atoms with van der Waals surface area (Å²) < 4.78 is 0. The van der Waals surface area contributed by atoms with Crippen molar-refractivity contribution in [2.45, 2.75) is 114 Å². The van der Waals surface area contributed by atoms with Gasteiger partial charge >= 0.3 is 0 Å². The monoisotopic (exact) mass is 425 g/mol. The molecule has 5 nitrogen and oxygen atoms in total. The van der Waals surface area contributed by atoms with E-state index in [9.17, 15) is 9.59 Å². The molecule has 2 aliphatic heterocycles. The van der Waals surface area contributed by atoms with Gasteiger partial charge in [0.15, 0.2) is 0 Å². The molecule has 6 heteroatoms. The average molecular weight is 426 g/mol. The van der Waals surface area contributed by atoms with Crippen molar-refractivity contribution in [1.82, 2.24) is 15.5 Å². The number of fused-ring (bicyclic) bond motifs is 2. The highest BCUT2D eigenvalue weighted by atomic mass is 35.5. The minimum atomic E-state index is 0. The Morgan fingerprint density at radius 2 is 1.52 bits per heavy atom. The summed E-state index contributed by atoms with van der Waals surface area (Å²) in [6.45, 7) is 0. The maximum Gasteiger partial charge on any atom is 0.225 e. The van der Waals surface area contributed by atoms with Crippen LogP contribution in [0.4, 0.5) is 0 Å². The first-order valence-corrected chi connectivity index (χ1v) is 11.9. The number of hydrogen-bond acceptors (Lipinski definition) is 3. The van der Waals surface area contributed by atoms with Crippen LogP contribution >= 0.6 is 12.4 Å². The van der Waals surface area contributed by atoms with Crippen LogP contribution < -0.4 is 10.6 Å². The molecule has 0 aromatic heterocycles. The van der Waals surface area contributed by atoms with Gasteiger partial charge in [-0.1, -0.05) is 19.3 Å². The molecular formula is C23H40ClN3O2. The molecule has 2 bridgehead atoms. The molecule has 0 aromatic rings. The Morgan fingerprint density at radius 3 is 2.14 bits per heavy atom. The second-order valence-electron chi connectivity index (χ2n) is 10.0. The smallest absolute Gasteiger partial charge is 0.225 e. The fourth-order valence-electron chi connectivity index (χ4n) is 6.24. The van der Waals surface area contributed by atoms with Crippen LogP contribution in [0.2, 0.25) is 0 Å². The van der Waals surface area contributed by atoms with Gasteiger partial charge in [0.1, 0.15) is 0 Å². The molecule has 4 aliphatic rings. The SMILES string of the molecule is CN(C(=O)C1CCC(NC(=O)CC2CCCCC2)CC1)C1CC2CCC(C1)N2.Cl. The zero-order chi connectivity index (χ0) is 19.5. The molecular weight excluding hydrogens is 386 g/mol. The van der Waals surface area contributed by atoms with Crippen molar-refractivity contribution >= 4 is 24.2 Å². The highest BCUT2D eigenvalue weighted by Crippen LogP contribution is 2.32. The highest BCUT2D eigenvalue weighted by molar-refractivity contribution is 5.85. The fraction of sp³-hybridized carbons (Fsp3) is 0.913. The molecule has 2 heterocycles. The van der Waals surface area contributed by atoms with Crippen molar-refractivity contribution in [3.8, 4) is 0 Å². The molecule has 0 spiro atoms. The lowest BCUT2D eigenvalue weighted by atomic mass is 9.84. The number of nitrogens with zero attached hydrogens (tertiary/aromatic N) is 1. The van der Waals surface area contributed by atoms with Crippen LogP contribution in [0.15, 0.2) is 0 Å². The molecule has 29 heavy (non-hydrogen) atoms. The first-order chi connectivity index (χ1) is 13.6. The van der Waals surface area contributed by atoms with Gasteiger partial charge in [0.25, 0.3) is 0 Å². The minimum Gasteiger partial charge on any atom is -0.353 e. The van der Waals surface area contributed by atoms with E-state index in [1.807, 2.05) is 7.05 Å². The number of piperidine rings is 1. The van der Waals surface area contributed by atoms with E-state index in [1.165, 1.54) is 44.9 Å². The largest absolute Gasteiger partial charge is 0.353 e. The Bertz CT molecular complexity index is 546. The fourth-order valence-corrected chi connectivity index (χ4v) is 6.24. The summed E-state index contributed by atoms with van der Waals surface area (Å²) in [6.07, 6.45) is 15.6. The first-order valence-electron chi connectivity index (χ1n) is 11.9. The van der Waals surface area contributed by atoms with Crippen LogP contribution in [-0.4, -0.2) is 47.9 Å². The molecule has 0 radical (unpaired) electrons. The lowest BCUT2D eigenvalue weighted by Crippen LogP contribution is -2.50. The topological polar surface area (TPSA) is 61.4 Å². The number of carbonyl (C=O) groups is 2. The molecule has 2 atom stereocenters. The van der Waals surface area contributed by atoms with Gasteiger partial charge in [-0.25, -0.2) is 0 Å². The van der Waals surface area contributed by atoms with E-state index < -0.39 is 0 Å². The van der Waals surface area contributed by atoms with Crippen LogP contribution in [0.5, 0.6) is 0 Å². The number of carbonyl (C=O) groups excluding carboxylic acids is 2. The van der Waals surface area contributed by atoms with Gasteiger partial charge in [-0.2, -0.15) is 0 Å². The van der Waals surface area contributed by atoms with E-state index in [0.29, 0.717) is 36.4 Å². The first kappa shape index (κ1) is 22.9. The van der Waals surface area contributed by atoms with Crippen LogP contribution in [0, 0.1) is 11.8 Å².